The summed E-state index contributed by atoms with van der Waals surface area (Å²) in [6.07, 6.45) is 2.44. The van der Waals surface area contributed by atoms with Gasteiger partial charge in [-0.05, 0) is 31.5 Å². The monoisotopic (exact) mass is 297 g/mol. The summed E-state index contributed by atoms with van der Waals surface area (Å²) in [7, 11) is -3.16. The van der Waals surface area contributed by atoms with Gasteiger partial charge in [0.2, 0.25) is 0 Å². The summed E-state index contributed by atoms with van der Waals surface area (Å²) in [5, 5.41) is 3.43. The van der Waals surface area contributed by atoms with Crippen LogP contribution < -0.4 is 5.32 Å². The lowest BCUT2D eigenvalue weighted by atomic mass is 9.64. The first-order valence-corrected chi connectivity index (χ1v) is 8.82. The van der Waals surface area contributed by atoms with Crippen LogP contribution in [0.15, 0.2) is 29.2 Å². The topological polar surface area (TPSA) is 55.4 Å². The van der Waals surface area contributed by atoms with Crippen LogP contribution >= 0.6 is 0 Å². The highest BCUT2D eigenvalue weighted by Crippen LogP contribution is 2.44. The minimum atomic E-state index is -3.16. The molecule has 0 heterocycles. The summed E-state index contributed by atoms with van der Waals surface area (Å²) in [6.45, 7) is 7.08. The fourth-order valence-electron chi connectivity index (χ4n) is 2.63. The highest BCUT2D eigenvalue weighted by Gasteiger charge is 2.48. The predicted octanol–water partition coefficient (Wildman–Crippen LogP) is 2.71. The van der Waals surface area contributed by atoms with Crippen LogP contribution in [0.1, 0.15) is 27.2 Å². The molecule has 0 bridgehead atoms. The lowest BCUT2D eigenvalue weighted by Crippen LogP contribution is -2.58. The maximum absolute atomic E-state index is 11.6. The van der Waals surface area contributed by atoms with E-state index in [9.17, 15) is 8.42 Å². The lowest BCUT2D eigenvalue weighted by Gasteiger charge is -2.52. The van der Waals surface area contributed by atoms with Gasteiger partial charge in [-0.3, -0.25) is 0 Å². The molecule has 20 heavy (non-hydrogen) atoms. The molecule has 1 aromatic rings. The molecule has 1 N–H and O–H groups in total. The zero-order chi connectivity index (χ0) is 15.0. The highest BCUT2D eigenvalue weighted by molar-refractivity contribution is 7.90. The molecule has 0 amide bonds. The molecule has 2 rings (SSSR count). The average Bonchev–Trinajstić information content (AvgIpc) is 2.37. The molecule has 4 nitrogen and oxygen atoms in total. The Kier molecular flexibility index (Phi) is 4.12. The van der Waals surface area contributed by atoms with Crippen LogP contribution in [0.2, 0.25) is 0 Å². The number of anilines is 1. The second-order valence-corrected chi connectivity index (χ2v) is 8.01. The van der Waals surface area contributed by atoms with Gasteiger partial charge in [0.15, 0.2) is 9.84 Å². The number of ether oxygens (including phenoxy) is 1. The number of sulfone groups is 1. The summed E-state index contributed by atoms with van der Waals surface area (Å²) in [5.74, 6) is 0. The molecule has 0 saturated heterocycles. The molecule has 2 atom stereocenters. The molecule has 1 aliphatic rings. The predicted molar refractivity (Wildman–Crippen MR) is 80.8 cm³/mol. The van der Waals surface area contributed by atoms with Crippen LogP contribution in [0.25, 0.3) is 0 Å². The number of hydrogen-bond acceptors (Lipinski definition) is 4. The molecule has 2 unspecified atom stereocenters. The Morgan fingerprint density at radius 1 is 1.40 bits per heavy atom. The van der Waals surface area contributed by atoms with Crippen LogP contribution in [-0.4, -0.2) is 33.4 Å². The van der Waals surface area contributed by atoms with Crippen molar-refractivity contribution >= 4 is 15.5 Å². The van der Waals surface area contributed by atoms with Crippen molar-refractivity contribution in [3.8, 4) is 0 Å². The molecule has 1 aromatic carbocycles. The zero-order valence-corrected chi connectivity index (χ0v) is 13.3. The molecular weight excluding hydrogens is 274 g/mol. The first-order valence-electron chi connectivity index (χ1n) is 6.93. The van der Waals surface area contributed by atoms with Gasteiger partial charge in [-0.25, -0.2) is 8.42 Å². The van der Waals surface area contributed by atoms with Crippen molar-refractivity contribution in [2.45, 2.75) is 44.2 Å². The van der Waals surface area contributed by atoms with Gasteiger partial charge in [0, 0.05) is 30.0 Å². The van der Waals surface area contributed by atoms with Crippen molar-refractivity contribution in [3.63, 3.8) is 0 Å². The van der Waals surface area contributed by atoms with E-state index in [4.69, 9.17) is 4.74 Å². The maximum Gasteiger partial charge on any atom is 0.175 e. The van der Waals surface area contributed by atoms with E-state index in [0.717, 1.165) is 18.7 Å². The van der Waals surface area contributed by atoms with Crippen LogP contribution in [0, 0.1) is 5.41 Å². The second-order valence-electron chi connectivity index (χ2n) is 6.00. The molecule has 0 spiro atoms. The zero-order valence-electron chi connectivity index (χ0n) is 12.5. The summed E-state index contributed by atoms with van der Waals surface area (Å²) in [5.41, 5.74) is 0.901. The third-order valence-corrected chi connectivity index (χ3v) is 5.26. The Balaban J connectivity index is 2.09. The number of benzene rings is 1. The molecule has 0 aliphatic heterocycles. The third kappa shape index (κ3) is 2.99. The molecule has 5 heteroatoms. The second kappa shape index (κ2) is 5.37. The van der Waals surface area contributed by atoms with Crippen molar-refractivity contribution in [1.82, 2.24) is 0 Å². The smallest absolute Gasteiger partial charge is 0.175 e. The van der Waals surface area contributed by atoms with Gasteiger partial charge < -0.3 is 10.1 Å². The number of rotatable bonds is 5. The number of nitrogens with one attached hydrogen (secondary N) is 1. The first-order chi connectivity index (χ1) is 9.25. The van der Waals surface area contributed by atoms with E-state index in [1.54, 1.807) is 18.2 Å². The van der Waals surface area contributed by atoms with Crippen molar-refractivity contribution in [1.29, 1.82) is 0 Å². The number of hydrogen-bond donors (Lipinski definition) is 1. The van der Waals surface area contributed by atoms with Gasteiger partial charge in [0.25, 0.3) is 0 Å². The van der Waals surface area contributed by atoms with Gasteiger partial charge in [-0.15, -0.1) is 0 Å². The van der Waals surface area contributed by atoms with Crippen LogP contribution in [0.4, 0.5) is 5.69 Å². The molecular formula is C15H23NO3S. The van der Waals surface area contributed by atoms with Crippen molar-refractivity contribution in [3.05, 3.63) is 24.3 Å². The quantitative estimate of drug-likeness (QED) is 0.908. The molecule has 1 aliphatic carbocycles. The van der Waals surface area contributed by atoms with Crippen molar-refractivity contribution in [2.24, 2.45) is 5.41 Å². The van der Waals surface area contributed by atoms with E-state index >= 15 is 0 Å². The largest absolute Gasteiger partial charge is 0.382 e. The Morgan fingerprint density at radius 3 is 2.65 bits per heavy atom. The molecule has 112 valence electrons. The molecule has 0 radical (unpaired) electrons. The molecule has 0 aromatic heterocycles. The minimum Gasteiger partial charge on any atom is -0.382 e. The fourth-order valence-corrected chi connectivity index (χ4v) is 3.30. The molecule has 1 saturated carbocycles. The fraction of sp³-hybridized carbons (Fsp3) is 0.600. The SMILES string of the molecule is CCOC1CC(Nc2cccc(S(C)(=O)=O)c2)C1(C)C. The minimum absolute atomic E-state index is 0.0527. The van der Waals surface area contributed by atoms with Crippen LogP contribution in [0.3, 0.4) is 0 Å². The Labute approximate surface area is 121 Å². The van der Waals surface area contributed by atoms with Gasteiger partial charge in [-0.1, -0.05) is 19.9 Å². The van der Waals surface area contributed by atoms with E-state index in [1.807, 2.05) is 13.0 Å². The van der Waals surface area contributed by atoms with Gasteiger partial charge in [0.05, 0.1) is 11.0 Å². The summed E-state index contributed by atoms with van der Waals surface area (Å²) >= 11 is 0. The van der Waals surface area contributed by atoms with Crippen molar-refractivity contribution in [2.75, 3.05) is 18.2 Å². The lowest BCUT2D eigenvalue weighted by molar-refractivity contribution is -0.0976. The highest BCUT2D eigenvalue weighted by atomic mass is 32.2. The Bertz CT molecular complexity index is 581. The van der Waals surface area contributed by atoms with E-state index in [1.165, 1.54) is 6.26 Å². The van der Waals surface area contributed by atoms with E-state index in [-0.39, 0.29) is 11.5 Å². The Morgan fingerprint density at radius 2 is 2.10 bits per heavy atom. The summed E-state index contributed by atoms with van der Waals surface area (Å²) in [6, 6.07) is 7.28. The van der Waals surface area contributed by atoms with E-state index < -0.39 is 9.84 Å². The van der Waals surface area contributed by atoms with Crippen molar-refractivity contribution < 1.29 is 13.2 Å². The standard InChI is InChI=1S/C15H23NO3S/c1-5-19-14-10-13(15(14,2)3)16-11-7-6-8-12(9-11)20(4,17)18/h6-9,13-14,16H,5,10H2,1-4H3. The van der Waals surface area contributed by atoms with Crippen LogP contribution in [-0.2, 0) is 14.6 Å². The van der Waals surface area contributed by atoms with Gasteiger partial charge in [0.1, 0.15) is 0 Å². The van der Waals surface area contributed by atoms with E-state index in [2.05, 4.69) is 19.2 Å². The van der Waals surface area contributed by atoms with E-state index in [0.29, 0.717) is 10.9 Å². The van der Waals surface area contributed by atoms with Crippen LogP contribution in [0.5, 0.6) is 0 Å². The van der Waals surface area contributed by atoms with Gasteiger partial charge >= 0.3 is 0 Å². The maximum atomic E-state index is 11.6. The first kappa shape index (κ1) is 15.3. The summed E-state index contributed by atoms with van der Waals surface area (Å²) in [4.78, 5) is 0.348. The third-order valence-electron chi connectivity index (χ3n) is 4.15. The molecule has 1 fully saturated rings. The van der Waals surface area contributed by atoms with Gasteiger partial charge in [-0.2, -0.15) is 0 Å². The average molecular weight is 297 g/mol. The summed E-state index contributed by atoms with van der Waals surface area (Å²) < 4.78 is 28.8. The Hall–Kier alpha value is -1.07. The normalized spacial score (nSPS) is 25.0.